The predicted octanol–water partition coefficient (Wildman–Crippen LogP) is 1.69. The van der Waals surface area contributed by atoms with Gasteiger partial charge in [0.05, 0.1) is 18.4 Å². The van der Waals surface area contributed by atoms with Crippen LogP contribution in [0.4, 0.5) is 5.95 Å². The fourth-order valence-electron chi connectivity index (χ4n) is 2.84. The summed E-state index contributed by atoms with van der Waals surface area (Å²) in [6.45, 7) is 2.60. The number of rotatable bonds is 4. The van der Waals surface area contributed by atoms with Gasteiger partial charge < -0.3 is 15.4 Å². The average Bonchev–Trinajstić information content (AvgIpc) is 3.06. The number of nitrogens with one attached hydrogen (secondary N) is 2. The van der Waals surface area contributed by atoms with Gasteiger partial charge in [0.1, 0.15) is 0 Å². The van der Waals surface area contributed by atoms with E-state index in [1.807, 2.05) is 0 Å². The second kappa shape index (κ2) is 5.10. The van der Waals surface area contributed by atoms with Crippen LogP contribution in [0.3, 0.4) is 0 Å². The van der Waals surface area contributed by atoms with Crippen LogP contribution < -0.4 is 15.4 Å². The molecule has 0 amide bonds. The maximum absolute atomic E-state index is 5.34. The van der Waals surface area contributed by atoms with E-state index in [0.29, 0.717) is 11.8 Å². The summed E-state index contributed by atoms with van der Waals surface area (Å²) in [6, 6.07) is 0. The second-order valence-corrected chi connectivity index (χ2v) is 5.12. The highest BCUT2D eigenvalue weighted by atomic mass is 16.5. The van der Waals surface area contributed by atoms with Crippen molar-refractivity contribution in [2.24, 2.45) is 5.92 Å². The summed E-state index contributed by atoms with van der Waals surface area (Å²) in [4.78, 5) is 9.00. The van der Waals surface area contributed by atoms with E-state index >= 15 is 0 Å². The molecule has 1 fully saturated rings. The number of ether oxygens (including phenoxy) is 1. The molecule has 2 aliphatic rings. The van der Waals surface area contributed by atoms with Crippen molar-refractivity contribution < 1.29 is 4.74 Å². The third kappa shape index (κ3) is 2.27. The Bertz CT molecular complexity index is 429. The normalized spacial score (nSPS) is 18.9. The van der Waals surface area contributed by atoms with Crippen molar-refractivity contribution >= 4 is 5.95 Å². The van der Waals surface area contributed by atoms with Gasteiger partial charge in [0.2, 0.25) is 11.8 Å². The molecule has 2 N–H and O–H groups in total. The standard InChI is InChI=1S/C13H20N4O/c1-18-12-10-7-14-8-11(10)16-13(17-12)15-6-9-4-2-3-5-9/h9,14H,2-8H2,1H3,(H,15,16,17). The number of hydrogen-bond donors (Lipinski definition) is 2. The van der Waals surface area contributed by atoms with E-state index in [2.05, 4.69) is 20.6 Å². The molecular weight excluding hydrogens is 228 g/mol. The summed E-state index contributed by atoms with van der Waals surface area (Å²) < 4.78 is 5.34. The van der Waals surface area contributed by atoms with E-state index in [9.17, 15) is 0 Å². The summed E-state index contributed by atoms with van der Waals surface area (Å²) in [5.41, 5.74) is 2.17. The topological polar surface area (TPSA) is 59.1 Å². The molecule has 1 aromatic heterocycles. The van der Waals surface area contributed by atoms with Crippen molar-refractivity contribution in [1.82, 2.24) is 15.3 Å². The van der Waals surface area contributed by atoms with Crippen LogP contribution in [0.1, 0.15) is 36.9 Å². The minimum atomic E-state index is 0.707. The van der Waals surface area contributed by atoms with Gasteiger partial charge in [0.25, 0.3) is 0 Å². The van der Waals surface area contributed by atoms with Crippen LogP contribution in [-0.2, 0) is 13.1 Å². The summed E-state index contributed by atoms with van der Waals surface area (Å²) in [6.07, 6.45) is 5.39. The van der Waals surface area contributed by atoms with Crippen LogP contribution in [0.2, 0.25) is 0 Å². The number of nitrogens with zero attached hydrogens (tertiary/aromatic N) is 2. The zero-order chi connectivity index (χ0) is 12.4. The molecule has 0 spiro atoms. The lowest BCUT2D eigenvalue weighted by atomic mass is 10.1. The van der Waals surface area contributed by atoms with Crippen molar-refractivity contribution in [3.8, 4) is 5.88 Å². The maximum atomic E-state index is 5.34. The Morgan fingerprint density at radius 2 is 2.11 bits per heavy atom. The molecule has 98 valence electrons. The molecule has 5 heteroatoms. The van der Waals surface area contributed by atoms with Gasteiger partial charge in [-0.1, -0.05) is 12.8 Å². The molecule has 1 aliphatic heterocycles. The lowest BCUT2D eigenvalue weighted by Gasteiger charge is -2.12. The van der Waals surface area contributed by atoms with Crippen molar-refractivity contribution in [2.75, 3.05) is 19.0 Å². The van der Waals surface area contributed by atoms with Crippen LogP contribution in [0, 0.1) is 5.92 Å². The van der Waals surface area contributed by atoms with E-state index in [1.165, 1.54) is 25.7 Å². The van der Waals surface area contributed by atoms with E-state index in [1.54, 1.807) is 7.11 Å². The zero-order valence-corrected chi connectivity index (χ0v) is 10.8. The first kappa shape index (κ1) is 11.7. The summed E-state index contributed by atoms with van der Waals surface area (Å²) in [5.74, 6) is 2.20. The fraction of sp³-hybridized carbons (Fsp3) is 0.692. The van der Waals surface area contributed by atoms with Gasteiger partial charge >= 0.3 is 0 Å². The zero-order valence-electron chi connectivity index (χ0n) is 10.8. The molecule has 0 radical (unpaired) electrons. The second-order valence-electron chi connectivity index (χ2n) is 5.12. The summed E-state index contributed by atoms with van der Waals surface area (Å²) in [7, 11) is 1.67. The van der Waals surface area contributed by atoms with Crippen molar-refractivity contribution in [2.45, 2.75) is 38.8 Å². The Labute approximate surface area is 107 Å². The maximum Gasteiger partial charge on any atom is 0.226 e. The first-order valence-electron chi connectivity index (χ1n) is 6.75. The van der Waals surface area contributed by atoms with Gasteiger partial charge in [0.15, 0.2) is 0 Å². The predicted molar refractivity (Wildman–Crippen MR) is 69.6 cm³/mol. The average molecular weight is 248 g/mol. The summed E-state index contributed by atoms with van der Waals surface area (Å²) in [5, 5.41) is 6.64. The highest BCUT2D eigenvalue weighted by Gasteiger charge is 2.20. The molecule has 5 nitrogen and oxygen atoms in total. The van der Waals surface area contributed by atoms with Crippen molar-refractivity contribution in [3.63, 3.8) is 0 Å². The van der Waals surface area contributed by atoms with Gasteiger partial charge in [-0.2, -0.15) is 4.98 Å². The van der Waals surface area contributed by atoms with E-state index in [0.717, 1.165) is 36.8 Å². The van der Waals surface area contributed by atoms with E-state index in [4.69, 9.17) is 4.74 Å². The van der Waals surface area contributed by atoms with Gasteiger partial charge in [0, 0.05) is 19.6 Å². The minimum Gasteiger partial charge on any atom is -0.481 e. The largest absolute Gasteiger partial charge is 0.481 e. The molecule has 1 aromatic rings. The first-order chi connectivity index (χ1) is 8.86. The monoisotopic (exact) mass is 248 g/mol. The first-order valence-corrected chi connectivity index (χ1v) is 6.75. The van der Waals surface area contributed by atoms with Gasteiger partial charge in [-0.05, 0) is 18.8 Å². The third-order valence-electron chi connectivity index (χ3n) is 3.87. The van der Waals surface area contributed by atoms with Gasteiger partial charge in [-0.3, -0.25) is 0 Å². The SMILES string of the molecule is COc1nc(NCC2CCCC2)nc2c1CNC2. The number of aromatic nitrogens is 2. The van der Waals surface area contributed by atoms with Crippen LogP contribution in [0.5, 0.6) is 5.88 Å². The van der Waals surface area contributed by atoms with Gasteiger partial charge in [-0.25, -0.2) is 4.98 Å². The number of hydrogen-bond acceptors (Lipinski definition) is 5. The van der Waals surface area contributed by atoms with Crippen LogP contribution in [0.15, 0.2) is 0 Å². The molecule has 2 heterocycles. The van der Waals surface area contributed by atoms with E-state index in [-0.39, 0.29) is 0 Å². The molecular formula is C13H20N4O. The molecule has 1 saturated carbocycles. The molecule has 0 bridgehead atoms. The van der Waals surface area contributed by atoms with Crippen LogP contribution >= 0.6 is 0 Å². The molecule has 3 rings (SSSR count). The lowest BCUT2D eigenvalue weighted by Crippen LogP contribution is -2.14. The molecule has 0 aromatic carbocycles. The van der Waals surface area contributed by atoms with Crippen LogP contribution in [-0.4, -0.2) is 23.6 Å². The lowest BCUT2D eigenvalue weighted by molar-refractivity contribution is 0.392. The minimum absolute atomic E-state index is 0.707. The summed E-state index contributed by atoms with van der Waals surface area (Å²) >= 11 is 0. The molecule has 0 saturated heterocycles. The van der Waals surface area contributed by atoms with Crippen molar-refractivity contribution in [1.29, 1.82) is 0 Å². The third-order valence-corrected chi connectivity index (χ3v) is 3.87. The Morgan fingerprint density at radius 3 is 2.89 bits per heavy atom. The molecule has 18 heavy (non-hydrogen) atoms. The van der Waals surface area contributed by atoms with E-state index < -0.39 is 0 Å². The highest BCUT2D eigenvalue weighted by molar-refractivity contribution is 5.40. The van der Waals surface area contributed by atoms with Gasteiger partial charge in [-0.15, -0.1) is 0 Å². The Kier molecular flexibility index (Phi) is 3.32. The smallest absolute Gasteiger partial charge is 0.226 e. The molecule has 0 unspecified atom stereocenters. The van der Waals surface area contributed by atoms with Crippen LogP contribution in [0.25, 0.3) is 0 Å². The Hall–Kier alpha value is -1.36. The fourth-order valence-corrected chi connectivity index (χ4v) is 2.84. The Balaban J connectivity index is 1.71. The quantitative estimate of drug-likeness (QED) is 0.849. The molecule has 1 aliphatic carbocycles. The van der Waals surface area contributed by atoms with Crippen molar-refractivity contribution in [3.05, 3.63) is 11.3 Å². The number of methoxy groups -OCH3 is 1. The molecule has 0 atom stereocenters. The Morgan fingerprint density at radius 1 is 1.28 bits per heavy atom. The number of anilines is 1. The number of fused-ring (bicyclic) bond motifs is 1. The highest BCUT2D eigenvalue weighted by Crippen LogP contribution is 2.26.